The second-order valence-electron chi connectivity index (χ2n) is 5.30. The van der Waals surface area contributed by atoms with E-state index in [4.69, 9.17) is 14.2 Å². The Morgan fingerprint density at radius 2 is 1.83 bits per heavy atom. The Morgan fingerprint density at radius 3 is 2.54 bits per heavy atom. The Balaban J connectivity index is 1.58. The SMILES string of the molecule is COc1ccc(COCCNC(=O)COc2ccccc2C)cc1. The van der Waals surface area contributed by atoms with Crippen LogP contribution in [-0.4, -0.2) is 32.8 Å². The van der Waals surface area contributed by atoms with Gasteiger partial charge in [-0.25, -0.2) is 0 Å². The number of methoxy groups -OCH3 is 1. The van der Waals surface area contributed by atoms with Gasteiger partial charge < -0.3 is 19.5 Å². The molecule has 0 radical (unpaired) electrons. The smallest absolute Gasteiger partial charge is 0.258 e. The average molecular weight is 329 g/mol. The Labute approximate surface area is 142 Å². The monoisotopic (exact) mass is 329 g/mol. The molecule has 5 nitrogen and oxygen atoms in total. The molecule has 0 aliphatic carbocycles. The summed E-state index contributed by atoms with van der Waals surface area (Å²) in [5, 5.41) is 2.77. The second kappa shape index (κ2) is 9.57. The van der Waals surface area contributed by atoms with Crippen LogP contribution in [0.1, 0.15) is 11.1 Å². The maximum Gasteiger partial charge on any atom is 0.258 e. The molecule has 0 fully saturated rings. The summed E-state index contributed by atoms with van der Waals surface area (Å²) in [7, 11) is 1.64. The maximum atomic E-state index is 11.7. The van der Waals surface area contributed by atoms with Crippen LogP contribution in [0.5, 0.6) is 11.5 Å². The number of benzene rings is 2. The molecule has 0 aliphatic heterocycles. The van der Waals surface area contributed by atoms with E-state index >= 15 is 0 Å². The molecule has 2 aromatic rings. The first-order chi connectivity index (χ1) is 11.7. The third kappa shape index (κ3) is 5.93. The van der Waals surface area contributed by atoms with Crippen molar-refractivity contribution >= 4 is 5.91 Å². The van der Waals surface area contributed by atoms with E-state index in [9.17, 15) is 4.79 Å². The van der Waals surface area contributed by atoms with Crippen LogP contribution in [0, 0.1) is 6.92 Å². The zero-order chi connectivity index (χ0) is 17.2. The van der Waals surface area contributed by atoms with Gasteiger partial charge in [-0.3, -0.25) is 4.79 Å². The third-order valence-corrected chi connectivity index (χ3v) is 3.45. The maximum absolute atomic E-state index is 11.7. The van der Waals surface area contributed by atoms with E-state index in [1.165, 1.54) is 0 Å². The number of carbonyl (C=O) groups excluding carboxylic acids is 1. The highest BCUT2D eigenvalue weighted by molar-refractivity contribution is 5.77. The van der Waals surface area contributed by atoms with Gasteiger partial charge in [0.05, 0.1) is 20.3 Å². The Kier molecular flexibility index (Phi) is 7.11. The number of nitrogens with one attached hydrogen (secondary N) is 1. The molecule has 0 saturated carbocycles. The minimum Gasteiger partial charge on any atom is -0.497 e. The molecule has 1 amide bonds. The predicted octanol–water partition coefficient (Wildman–Crippen LogP) is 2.72. The lowest BCUT2D eigenvalue weighted by atomic mass is 10.2. The molecule has 1 N–H and O–H groups in total. The molecule has 5 heteroatoms. The number of ether oxygens (including phenoxy) is 3. The van der Waals surface area contributed by atoms with Crippen molar-refractivity contribution in [3.8, 4) is 11.5 Å². The van der Waals surface area contributed by atoms with Crippen molar-refractivity contribution in [2.45, 2.75) is 13.5 Å². The summed E-state index contributed by atoms with van der Waals surface area (Å²) >= 11 is 0. The van der Waals surface area contributed by atoms with Gasteiger partial charge in [0.1, 0.15) is 11.5 Å². The van der Waals surface area contributed by atoms with E-state index in [1.54, 1.807) is 7.11 Å². The highest BCUT2D eigenvalue weighted by Gasteiger charge is 2.04. The van der Waals surface area contributed by atoms with Gasteiger partial charge in [-0.05, 0) is 36.2 Å². The molecule has 0 heterocycles. The Bertz CT molecular complexity index is 640. The standard InChI is InChI=1S/C19H23NO4/c1-15-5-3-4-6-18(15)24-14-19(21)20-11-12-23-13-16-7-9-17(22-2)10-8-16/h3-10H,11-14H2,1-2H3,(H,20,21). The van der Waals surface area contributed by atoms with Gasteiger partial charge in [0.2, 0.25) is 0 Å². The second-order valence-corrected chi connectivity index (χ2v) is 5.30. The molecule has 2 rings (SSSR count). The normalized spacial score (nSPS) is 10.2. The van der Waals surface area contributed by atoms with E-state index in [1.807, 2.05) is 55.5 Å². The predicted molar refractivity (Wildman–Crippen MR) is 92.3 cm³/mol. The quantitative estimate of drug-likeness (QED) is 0.719. The van der Waals surface area contributed by atoms with Gasteiger partial charge in [0, 0.05) is 6.54 Å². The fourth-order valence-electron chi connectivity index (χ4n) is 2.09. The van der Waals surface area contributed by atoms with Gasteiger partial charge in [-0.15, -0.1) is 0 Å². The lowest BCUT2D eigenvalue weighted by Crippen LogP contribution is -2.31. The number of hydrogen-bond donors (Lipinski definition) is 1. The van der Waals surface area contributed by atoms with Crippen LogP contribution in [0.15, 0.2) is 48.5 Å². The fraction of sp³-hybridized carbons (Fsp3) is 0.316. The molecule has 128 valence electrons. The minimum atomic E-state index is -0.161. The van der Waals surface area contributed by atoms with Crippen molar-refractivity contribution in [3.63, 3.8) is 0 Å². The lowest BCUT2D eigenvalue weighted by molar-refractivity contribution is -0.123. The van der Waals surface area contributed by atoms with Crippen LogP contribution < -0.4 is 14.8 Å². The van der Waals surface area contributed by atoms with Crippen LogP contribution in [0.4, 0.5) is 0 Å². The zero-order valence-corrected chi connectivity index (χ0v) is 14.1. The molecule has 0 atom stereocenters. The summed E-state index contributed by atoms with van der Waals surface area (Å²) in [6, 6.07) is 15.3. The average Bonchev–Trinajstić information content (AvgIpc) is 2.61. The lowest BCUT2D eigenvalue weighted by Gasteiger charge is -2.10. The summed E-state index contributed by atoms with van der Waals surface area (Å²) in [5.74, 6) is 1.38. The Morgan fingerprint density at radius 1 is 1.08 bits per heavy atom. The molecule has 2 aromatic carbocycles. The summed E-state index contributed by atoms with van der Waals surface area (Å²) < 4.78 is 16.1. The van der Waals surface area contributed by atoms with Crippen LogP contribution >= 0.6 is 0 Å². The number of amides is 1. The largest absolute Gasteiger partial charge is 0.497 e. The van der Waals surface area contributed by atoms with Crippen LogP contribution in [0.3, 0.4) is 0 Å². The van der Waals surface area contributed by atoms with Crippen LogP contribution in [0.2, 0.25) is 0 Å². The highest BCUT2D eigenvalue weighted by atomic mass is 16.5. The molecule has 0 bridgehead atoms. The molecule has 0 spiro atoms. The molecular formula is C19H23NO4. The van der Waals surface area contributed by atoms with Crippen molar-refractivity contribution in [1.82, 2.24) is 5.32 Å². The number of carbonyl (C=O) groups is 1. The molecule has 0 unspecified atom stereocenters. The molecule has 0 saturated heterocycles. The number of para-hydroxylation sites is 1. The van der Waals surface area contributed by atoms with Crippen LogP contribution in [0.25, 0.3) is 0 Å². The van der Waals surface area contributed by atoms with E-state index < -0.39 is 0 Å². The van der Waals surface area contributed by atoms with Gasteiger partial charge in [0.15, 0.2) is 6.61 Å². The topological polar surface area (TPSA) is 56.8 Å². The first kappa shape index (κ1) is 17.8. The van der Waals surface area contributed by atoms with E-state index in [2.05, 4.69) is 5.32 Å². The van der Waals surface area contributed by atoms with Crippen molar-refractivity contribution in [2.75, 3.05) is 26.9 Å². The van der Waals surface area contributed by atoms with Gasteiger partial charge in [-0.2, -0.15) is 0 Å². The van der Waals surface area contributed by atoms with E-state index in [0.29, 0.717) is 19.8 Å². The summed E-state index contributed by atoms with van der Waals surface area (Å²) in [4.78, 5) is 11.7. The number of rotatable bonds is 9. The van der Waals surface area contributed by atoms with Crippen molar-refractivity contribution in [1.29, 1.82) is 0 Å². The fourth-order valence-corrected chi connectivity index (χ4v) is 2.09. The third-order valence-electron chi connectivity index (χ3n) is 3.45. The minimum absolute atomic E-state index is 0.00331. The van der Waals surface area contributed by atoms with Gasteiger partial charge in [0.25, 0.3) is 5.91 Å². The Hall–Kier alpha value is -2.53. The van der Waals surface area contributed by atoms with Gasteiger partial charge >= 0.3 is 0 Å². The van der Waals surface area contributed by atoms with E-state index in [0.717, 1.165) is 22.6 Å². The molecular weight excluding hydrogens is 306 g/mol. The summed E-state index contributed by atoms with van der Waals surface area (Å²) in [6.07, 6.45) is 0. The van der Waals surface area contributed by atoms with Crippen LogP contribution in [-0.2, 0) is 16.1 Å². The van der Waals surface area contributed by atoms with Crippen molar-refractivity contribution in [2.24, 2.45) is 0 Å². The first-order valence-corrected chi connectivity index (χ1v) is 7.85. The highest BCUT2D eigenvalue weighted by Crippen LogP contribution is 2.15. The number of hydrogen-bond acceptors (Lipinski definition) is 4. The van der Waals surface area contributed by atoms with Gasteiger partial charge in [-0.1, -0.05) is 30.3 Å². The molecule has 24 heavy (non-hydrogen) atoms. The summed E-state index contributed by atoms with van der Waals surface area (Å²) in [5.41, 5.74) is 2.07. The van der Waals surface area contributed by atoms with E-state index in [-0.39, 0.29) is 12.5 Å². The zero-order valence-electron chi connectivity index (χ0n) is 14.1. The molecule has 0 aromatic heterocycles. The van der Waals surface area contributed by atoms with Crippen molar-refractivity contribution in [3.05, 3.63) is 59.7 Å². The summed E-state index contributed by atoms with van der Waals surface area (Å²) in [6.45, 7) is 3.34. The number of aryl methyl sites for hydroxylation is 1. The van der Waals surface area contributed by atoms with Crippen molar-refractivity contribution < 1.29 is 19.0 Å². The molecule has 0 aliphatic rings. The first-order valence-electron chi connectivity index (χ1n) is 7.85.